The van der Waals surface area contributed by atoms with Gasteiger partial charge in [-0.3, -0.25) is 0 Å². The molecule has 1 saturated heterocycles. The highest BCUT2D eigenvalue weighted by molar-refractivity contribution is 5.87. The van der Waals surface area contributed by atoms with Crippen LogP contribution in [0.4, 0.5) is 11.5 Å². The molecule has 9 nitrogen and oxygen atoms in total. The van der Waals surface area contributed by atoms with Gasteiger partial charge in [0.2, 0.25) is 5.88 Å². The Kier molecular flexibility index (Phi) is 3.70. The maximum absolute atomic E-state index is 5.38. The van der Waals surface area contributed by atoms with E-state index in [2.05, 4.69) is 51.8 Å². The average molecular weight is 362 g/mol. The smallest absolute Gasteiger partial charge is 0.224 e. The summed E-state index contributed by atoms with van der Waals surface area (Å²) in [6, 6.07) is 6.21. The summed E-state index contributed by atoms with van der Waals surface area (Å²) in [6.07, 6.45) is 4.75. The van der Waals surface area contributed by atoms with E-state index in [9.17, 15) is 0 Å². The molecule has 1 N–H and O–H groups in total. The second kappa shape index (κ2) is 6.35. The lowest BCUT2D eigenvalue weighted by Gasteiger charge is -2.36. The van der Waals surface area contributed by atoms with Crippen molar-refractivity contribution in [3.05, 3.63) is 37.2 Å². The van der Waals surface area contributed by atoms with E-state index in [1.165, 1.54) is 6.33 Å². The highest BCUT2D eigenvalue weighted by Gasteiger charge is 2.21. The predicted octanol–water partition coefficient (Wildman–Crippen LogP) is 1.63. The number of hydrogen-bond acceptors (Lipinski definition) is 8. The van der Waals surface area contributed by atoms with Gasteiger partial charge in [0.05, 0.1) is 24.3 Å². The van der Waals surface area contributed by atoms with Gasteiger partial charge in [-0.05, 0) is 18.2 Å². The van der Waals surface area contributed by atoms with Gasteiger partial charge in [0.25, 0.3) is 0 Å². The number of aromatic amines is 1. The van der Waals surface area contributed by atoms with E-state index in [-0.39, 0.29) is 0 Å². The minimum absolute atomic E-state index is 0.600. The minimum Gasteiger partial charge on any atom is -0.480 e. The molecule has 1 aromatic carbocycles. The van der Waals surface area contributed by atoms with Crippen LogP contribution in [-0.2, 0) is 0 Å². The maximum atomic E-state index is 5.38. The number of rotatable bonds is 3. The first-order valence-corrected chi connectivity index (χ1v) is 8.76. The van der Waals surface area contributed by atoms with Crippen molar-refractivity contribution >= 4 is 33.6 Å². The Morgan fingerprint density at radius 3 is 2.59 bits per heavy atom. The number of H-pyrrole nitrogens is 1. The molecule has 27 heavy (non-hydrogen) atoms. The summed E-state index contributed by atoms with van der Waals surface area (Å²) in [6.45, 7) is 3.51. The van der Waals surface area contributed by atoms with E-state index in [1.807, 2.05) is 6.07 Å². The van der Waals surface area contributed by atoms with Gasteiger partial charge in [-0.15, -0.1) is 0 Å². The van der Waals surface area contributed by atoms with Gasteiger partial charge < -0.3 is 19.5 Å². The Bertz CT molecular complexity index is 1100. The van der Waals surface area contributed by atoms with E-state index in [1.54, 1.807) is 19.8 Å². The summed E-state index contributed by atoms with van der Waals surface area (Å²) < 4.78 is 5.38. The van der Waals surface area contributed by atoms with Crippen molar-refractivity contribution in [3.63, 3.8) is 0 Å². The number of ether oxygens (including phenoxy) is 1. The van der Waals surface area contributed by atoms with Crippen LogP contribution in [-0.4, -0.2) is 63.2 Å². The molecule has 0 atom stereocenters. The summed E-state index contributed by atoms with van der Waals surface area (Å²) in [7, 11) is 1.63. The summed E-state index contributed by atoms with van der Waals surface area (Å²) in [5.74, 6) is 1.51. The second-order valence-corrected chi connectivity index (χ2v) is 6.36. The van der Waals surface area contributed by atoms with Crippen molar-refractivity contribution < 1.29 is 4.74 Å². The van der Waals surface area contributed by atoms with Crippen molar-refractivity contribution in [1.29, 1.82) is 0 Å². The maximum Gasteiger partial charge on any atom is 0.224 e. The van der Waals surface area contributed by atoms with Gasteiger partial charge in [-0.2, -0.15) is 0 Å². The third-order valence-corrected chi connectivity index (χ3v) is 4.92. The number of benzene rings is 1. The van der Waals surface area contributed by atoms with Crippen LogP contribution in [0.3, 0.4) is 0 Å². The molecule has 136 valence electrons. The number of nitrogens with one attached hydrogen (secondary N) is 1. The molecule has 1 aliphatic heterocycles. The van der Waals surface area contributed by atoms with Gasteiger partial charge in [0, 0.05) is 31.9 Å². The van der Waals surface area contributed by atoms with Gasteiger partial charge in [0.15, 0.2) is 11.5 Å². The zero-order chi connectivity index (χ0) is 18.2. The number of fused-ring (bicyclic) bond motifs is 2. The third-order valence-electron chi connectivity index (χ3n) is 4.92. The SMILES string of the molecule is COc1ncnc2ccc(N3CCN(c4ncnc5nc[nH]c45)CC3)cc12. The van der Waals surface area contributed by atoms with Gasteiger partial charge in [0.1, 0.15) is 18.2 Å². The highest BCUT2D eigenvalue weighted by atomic mass is 16.5. The van der Waals surface area contributed by atoms with E-state index in [4.69, 9.17) is 4.74 Å². The van der Waals surface area contributed by atoms with Crippen molar-refractivity contribution in [3.8, 4) is 5.88 Å². The highest BCUT2D eigenvalue weighted by Crippen LogP contribution is 2.28. The monoisotopic (exact) mass is 362 g/mol. The van der Waals surface area contributed by atoms with Crippen molar-refractivity contribution in [1.82, 2.24) is 29.9 Å². The molecule has 4 aromatic rings. The summed E-state index contributed by atoms with van der Waals surface area (Å²) in [5.41, 5.74) is 3.61. The average Bonchev–Trinajstić information content (AvgIpc) is 3.22. The van der Waals surface area contributed by atoms with Crippen LogP contribution >= 0.6 is 0 Å². The molecule has 1 fully saturated rings. The molecule has 0 radical (unpaired) electrons. The van der Waals surface area contributed by atoms with Gasteiger partial charge >= 0.3 is 0 Å². The van der Waals surface area contributed by atoms with Crippen molar-refractivity contribution in [2.24, 2.45) is 0 Å². The first kappa shape index (κ1) is 15.7. The third kappa shape index (κ3) is 2.67. The van der Waals surface area contributed by atoms with E-state index in [0.717, 1.165) is 54.1 Å². The lowest BCUT2D eigenvalue weighted by atomic mass is 10.2. The lowest BCUT2D eigenvalue weighted by molar-refractivity contribution is 0.402. The molecule has 0 amide bonds. The molecule has 0 bridgehead atoms. The fraction of sp³-hybridized carbons (Fsp3) is 0.278. The van der Waals surface area contributed by atoms with Crippen molar-refractivity contribution in [2.75, 3.05) is 43.1 Å². The molecule has 0 unspecified atom stereocenters. The standard InChI is InChI=1S/C18H18N8O/c1-27-18-13-8-12(2-3-14(13)19-9-24-18)25-4-6-26(7-5-25)17-15-16(21-10-20-15)22-11-23-17/h2-3,8-11H,4-7H2,1H3,(H,20,21,22,23). The molecule has 4 heterocycles. The van der Waals surface area contributed by atoms with Crippen LogP contribution in [0.25, 0.3) is 22.1 Å². The fourth-order valence-corrected chi connectivity index (χ4v) is 3.55. The van der Waals surface area contributed by atoms with Crippen LogP contribution in [0, 0.1) is 0 Å². The lowest BCUT2D eigenvalue weighted by Crippen LogP contribution is -2.47. The molecule has 0 spiro atoms. The number of methoxy groups -OCH3 is 1. The Hall–Kier alpha value is -3.49. The molecule has 0 aliphatic carbocycles. The Balaban J connectivity index is 1.39. The predicted molar refractivity (Wildman–Crippen MR) is 102 cm³/mol. The van der Waals surface area contributed by atoms with E-state index >= 15 is 0 Å². The van der Waals surface area contributed by atoms with Crippen LogP contribution in [0.15, 0.2) is 37.2 Å². The zero-order valence-electron chi connectivity index (χ0n) is 14.8. The van der Waals surface area contributed by atoms with Crippen LogP contribution < -0.4 is 14.5 Å². The van der Waals surface area contributed by atoms with Gasteiger partial charge in [-0.1, -0.05) is 0 Å². The number of aromatic nitrogens is 6. The zero-order valence-corrected chi connectivity index (χ0v) is 14.8. The Morgan fingerprint density at radius 1 is 0.926 bits per heavy atom. The Labute approximate surface area is 155 Å². The first-order valence-electron chi connectivity index (χ1n) is 8.76. The van der Waals surface area contributed by atoms with E-state index in [0.29, 0.717) is 11.5 Å². The molecular formula is C18H18N8O. The summed E-state index contributed by atoms with van der Waals surface area (Å²) in [5, 5.41) is 0.926. The molecule has 0 saturated carbocycles. The Morgan fingerprint density at radius 2 is 1.74 bits per heavy atom. The normalized spacial score (nSPS) is 14.9. The van der Waals surface area contributed by atoms with Crippen LogP contribution in [0.2, 0.25) is 0 Å². The molecular weight excluding hydrogens is 344 g/mol. The van der Waals surface area contributed by atoms with Crippen molar-refractivity contribution in [2.45, 2.75) is 0 Å². The largest absolute Gasteiger partial charge is 0.480 e. The van der Waals surface area contributed by atoms with E-state index < -0.39 is 0 Å². The topological polar surface area (TPSA) is 96.0 Å². The second-order valence-electron chi connectivity index (χ2n) is 6.36. The van der Waals surface area contributed by atoms with Crippen LogP contribution in [0.1, 0.15) is 0 Å². The number of hydrogen-bond donors (Lipinski definition) is 1. The summed E-state index contributed by atoms with van der Waals surface area (Å²) in [4.78, 5) is 29.1. The minimum atomic E-state index is 0.600. The number of anilines is 2. The van der Waals surface area contributed by atoms with Gasteiger partial charge in [-0.25, -0.2) is 24.9 Å². The molecule has 9 heteroatoms. The fourth-order valence-electron chi connectivity index (χ4n) is 3.55. The number of nitrogens with zero attached hydrogens (tertiary/aromatic N) is 7. The molecule has 1 aliphatic rings. The number of imidazole rings is 1. The summed E-state index contributed by atoms with van der Waals surface area (Å²) >= 11 is 0. The first-order chi connectivity index (χ1) is 13.3. The quantitative estimate of drug-likeness (QED) is 0.587. The molecule has 5 rings (SSSR count). The van der Waals surface area contributed by atoms with Crippen LogP contribution in [0.5, 0.6) is 5.88 Å². The molecule has 3 aromatic heterocycles. The number of piperazine rings is 1.